The lowest BCUT2D eigenvalue weighted by molar-refractivity contribution is -0.140. The van der Waals surface area contributed by atoms with Gasteiger partial charge in [-0.25, -0.2) is 0 Å². The summed E-state index contributed by atoms with van der Waals surface area (Å²) in [5, 5.41) is 0. The highest BCUT2D eigenvalue weighted by Gasteiger charge is 2.36. The molecule has 2 aromatic heterocycles. The van der Waals surface area contributed by atoms with Crippen molar-refractivity contribution in [3.8, 4) is 16.9 Å². The second-order valence-electron chi connectivity index (χ2n) is 7.63. The molecular weight excluding hydrogens is 453 g/mol. The van der Waals surface area contributed by atoms with E-state index in [1.165, 1.54) is 24.3 Å². The zero-order valence-corrected chi connectivity index (χ0v) is 17.9. The standard InChI is InChI=1S/C23H21F3N4O4/c24-23(25,26)20-18(10-19(21(27)31)22(32)29-20)15-1-3-17(4-2-15)34-13-14-9-16(12-28-11-14)30-5-7-33-8-6-30/h1-4,9-12H,5-8,13H2,(H2,27,31)(H,29,32). The largest absolute Gasteiger partial charge is 0.489 e. The number of morpholine rings is 1. The quantitative estimate of drug-likeness (QED) is 0.569. The maximum absolute atomic E-state index is 13.5. The molecule has 1 fully saturated rings. The molecule has 0 saturated carbocycles. The predicted molar refractivity (Wildman–Crippen MR) is 118 cm³/mol. The van der Waals surface area contributed by atoms with Crippen LogP contribution >= 0.6 is 0 Å². The first kappa shape index (κ1) is 23.3. The van der Waals surface area contributed by atoms with Crippen molar-refractivity contribution in [3.05, 3.63) is 76.0 Å². The van der Waals surface area contributed by atoms with Crippen molar-refractivity contribution in [1.29, 1.82) is 0 Å². The van der Waals surface area contributed by atoms with Crippen LogP contribution < -0.4 is 20.9 Å². The number of hydrogen-bond acceptors (Lipinski definition) is 6. The summed E-state index contributed by atoms with van der Waals surface area (Å²) >= 11 is 0. The van der Waals surface area contributed by atoms with Crippen LogP contribution in [0.3, 0.4) is 0 Å². The summed E-state index contributed by atoms with van der Waals surface area (Å²) in [6, 6.07) is 8.64. The van der Waals surface area contributed by atoms with Gasteiger partial charge < -0.3 is 25.1 Å². The number of rotatable bonds is 6. The molecule has 0 bridgehead atoms. The van der Waals surface area contributed by atoms with Crippen molar-refractivity contribution in [3.63, 3.8) is 0 Å². The van der Waals surface area contributed by atoms with E-state index in [0.29, 0.717) is 19.0 Å². The molecule has 34 heavy (non-hydrogen) atoms. The lowest BCUT2D eigenvalue weighted by atomic mass is 10.0. The zero-order valence-electron chi connectivity index (χ0n) is 17.9. The number of aromatic amines is 1. The van der Waals surface area contributed by atoms with E-state index in [-0.39, 0.29) is 17.7 Å². The smallest absolute Gasteiger partial charge is 0.431 e. The van der Waals surface area contributed by atoms with Crippen molar-refractivity contribution in [1.82, 2.24) is 9.97 Å². The van der Waals surface area contributed by atoms with Gasteiger partial charge in [0.05, 0.1) is 25.1 Å². The summed E-state index contributed by atoms with van der Waals surface area (Å²) in [6.45, 7) is 3.06. The van der Waals surface area contributed by atoms with Crippen LogP contribution in [0.15, 0.2) is 53.6 Å². The number of carbonyl (C=O) groups excluding carboxylic acids is 1. The van der Waals surface area contributed by atoms with E-state index in [1.807, 2.05) is 6.07 Å². The minimum atomic E-state index is -4.83. The lowest BCUT2D eigenvalue weighted by Gasteiger charge is -2.28. The second-order valence-corrected chi connectivity index (χ2v) is 7.63. The Morgan fingerprint density at radius 3 is 2.50 bits per heavy atom. The molecule has 0 spiro atoms. The molecule has 3 heterocycles. The average molecular weight is 474 g/mol. The molecule has 1 aliphatic heterocycles. The molecule has 0 aliphatic carbocycles. The van der Waals surface area contributed by atoms with Gasteiger partial charge in [-0.15, -0.1) is 0 Å². The number of halogens is 3. The Bertz CT molecular complexity index is 1240. The molecule has 0 radical (unpaired) electrons. The Labute approximate surface area is 192 Å². The molecule has 0 atom stereocenters. The monoisotopic (exact) mass is 474 g/mol. The number of H-pyrrole nitrogens is 1. The maximum Gasteiger partial charge on any atom is 0.431 e. The van der Waals surface area contributed by atoms with E-state index in [4.69, 9.17) is 15.2 Å². The third-order valence-electron chi connectivity index (χ3n) is 5.32. The average Bonchev–Trinajstić information content (AvgIpc) is 2.83. The summed E-state index contributed by atoms with van der Waals surface area (Å²) in [5.74, 6) is -0.697. The molecule has 8 nitrogen and oxygen atoms in total. The Balaban J connectivity index is 1.53. The number of anilines is 1. The number of carbonyl (C=O) groups is 1. The first-order valence-corrected chi connectivity index (χ1v) is 10.4. The van der Waals surface area contributed by atoms with Gasteiger partial charge in [0.1, 0.15) is 23.6 Å². The lowest BCUT2D eigenvalue weighted by Crippen LogP contribution is -2.36. The van der Waals surface area contributed by atoms with E-state index < -0.39 is 28.9 Å². The van der Waals surface area contributed by atoms with Crippen LogP contribution in [0.2, 0.25) is 0 Å². The molecule has 1 saturated heterocycles. The highest BCUT2D eigenvalue weighted by Crippen LogP contribution is 2.35. The van der Waals surface area contributed by atoms with E-state index in [0.717, 1.165) is 30.4 Å². The van der Waals surface area contributed by atoms with Gasteiger partial charge in [-0.3, -0.25) is 14.6 Å². The molecule has 4 rings (SSSR count). The Morgan fingerprint density at radius 2 is 1.85 bits per heavy atom. The summed E-state index contributed by atoms with van der Waals surface area (Å²) in [4.78, 5) is 31.4. The van der Waals surface area contributed by atoms with Gasteiger partial charge >= 0.3 is 6.18 Å². The molecule has 1 aliphatic rings. The number of aromatic nitrogens is 2. The number of amides is 1. The fourth-order valence-corrected chi connectivity index (χ4v) is 3.61. The van der Waals surface area contributed by atoms with E-state index in [1.54, 1.807) is 17.4 Å². The first-order valence-electron chi connectivity index (χ1n) is 10.4. The van der Waals surface area contributed by atoms with Crippen molar-refractivity contribution in [2.45, 2.75) is 12.8 Å². The van der Waals surface area contributed by atoms with Crippen molar-refractivity contribution in [2.24, 2.45) is 5.73 Å². The number of ether oxygens (including phenoxy) is 2. The van der Waals surface area contributed by atoms with Crippen LogP contribution in [0.1, 0.15) is 21.6 Å². The predicted octanol–water partition coefficient (Wildman–Crippen LogP) is 2.97. The van der Waals surface area contributed by atoms with Gasteiger partial charge in [0.2, 0.25) is 0 Å². The number of hydrogen-bond donors (Lipinski definition) is 2. The molecular formula is C23H21F3N4O4. The number of pyridine rings is 2. The number of nitrogens with one attached hydrogen (secondary N) is 1. The topological polar surface area (TPSA) is 111 Å². The summed E-state index contributed by atoms with van der Waals surface area (Å²) in [5.41, 5.74) is 3.67. The molecule has 1 aromatic carbocycles. The molecule has 11 heteroatoms. The summed E-state index contributed by atoms with van der Waals surface area (Å²) < 4.78 is 51.5. The molecule has 3 aromatic rings. The van der Waals surface area contributed by atoms with Crippen LogP contribution in [-0.4, -0.2) is 42.2 Å². The Hall–Kier alpha value is -3.86. The number of alkyl halides is 3. The number of nitrogens with two attached hydrogens (primary N) is 1. The van der Waals surface area contributed by atoms with Crippen LogP contribution in [0.25, 0.3) is 11.1 Å². The van der Waals surface area contributed by atoms with Gasteiger partial charge in [-0.05, 0) is 29.8 Å². The summed E-state index contributed by atoms with van der Waals surface area (Å²) in [7, 11) is 0. The Morgan fingerprint density at radius 1 is 1.15 bits per heavy atom. The van der Waals surface area contributed by atoms with E-state index in [2.05, 4.69) is 9.88 Å². The minimum absolute atomic E-state index is 0.134. The van der Waals surface area contributed by atoms with Crippen molar-refractivity contribution < 1.29 is 27.4 Å². The van der Waals surface area contributed by atoms with E-state index in [9.17, 15) is 22.8 Å². The molecule has 1 amide bonds. The van der Waals surface area contributed by atoms with Gasteiger partial charge in [0.15, 0.2) is 0 Å². The van der Waals surface area contributed by atoms with Crippen LogP contribution in [0.5, 0.6) is 5.75 Å². The van der Waals surface area contributed by atoms with Gasteiger partial charge in [0, 0.05) is 30.4 Å². The van der Waals surface area contributed by atoms with Gasteiger partial charge in [-0.2, -0.15) is 13.2 Å². The highest BCUT2D eigenvalue weighted by atomic mass is 19.4. The van der Waals surface area contributed by atoms with Crippen molar-refractivity contribution in [2.75, 3.05) is 31.2 Å². The molecule has 3 N–H and O–H groups in total. The SMILES string of the molecule is NC(=O)c1cc(-c2ccc(OCc3cncc(N4CCOCC4)c3)cc2)c(C(F)(F)F)[nH]c1=O. The summed E-state index contributed by atoms with van der Waals surface area (Å²) in [6.07, 6.45) is -1.38. The fraction of sp³-hybridized carbons (Fsp3) is 0.261. The third kappa shape index (κ3) is 5.20. The van der Waals surface area contributed by atoms with Crippen molar-refractivity contribution >= 4 is 11.6 Å². The number of primary amides is 1. The second kappa shape index (κ2) is 9.56. The van der Waals surface area contributed by atoms with Gasteiger partial charge in [-0.1, -0.05) is 12.1 Å². The van der Waals surface area contributed by atoms with E-state index >= 15 is 0 Å². The molecule has 178 valence electrons. The maximum atomic E-state index is 13.5. The van der Waals surface area contributed by atoms with Crippen LogP contribution in [0, 0.1) is 0 Å². The minimum Gasteiger partial charge on any atom is -0.489 e. The van der Waals surface area contributed by atoms with Gasteiger partial charge in [0.25, 0.3) is 11.5 Å². The van der Waals surface area contributed by atoms with Crippen LogP contribution in [0.4, 0.5) is 18.9 Å². The fourth-order valence-electron chi connectivity index (χ4n) is 3.61. The van der Waals surface area contributed by atoms with Crippen LogP contribution in [-0.2, 0) is 17.5 Å². The third-order valence-corrected chi connectivity index (χ3v) is 5.32. The highest BCUT2D eigenvalue weighted by molar-refractivity contribution is 5.94. The Kier molecular flexibility index (Phi) is 6.55. The number of nitrogens with zero attached hydrogens (tertiary/aromatic N) is 2. The first-order chi connectivity index (χ1) is 16.2. The number of benzene rings is 1. The molecule has 0 unspecified atom stereocenters. The zero-order chi connectivity index (χ0) is 24.3. The normalized spacial score (nSPS) is 14.1.